The second kappa shape index (κ2) is 4.82. The molecule has 4 nitrogen and oxygen atoms in total. The Bertz CT molecular complexity index is 327. The molecule has 3 unspecified atom stereocenters. The smallest absolute Gasteiger partial charge is 0.239 e. The number of likely N-dealkylation sites (tertiary alicyclic amines) is 2. The molecule has 3 rings (SSSR count). The fourth-order valence-corrected chi connectivity index (χ4v) is 3.79. The van der Waals surface area contributed by atoms with Crippen LogP contribution in [0.25, 0.3) is 0 Å². The Morgan fingerprint density at radius 1 is 1.22 bits per heavy atom. The number of carbonyl (C=O) groups excluding carboxylic acids is 1. The third-order valence-corrected chi connectivity index (χ3v) is 4.83. The molecule has 3 atom stereocenters. The van der Waals surface area contributed by atoms with E-state index in [4.69, 9.17) is 5.73 Å². The quantitative estimate of drug-likeness (QED) is 0.790. The topological polar surface area (TPSA) is 49.6 Å². The van der Waals surface area contributed by atoms with Gasteiger partial charge in [0.15, 0.2) is 0 Å². The number of hydrogen-bond donors (Lipinski definition) is 1. The molecule has 2 N–H and O–H groups in total. The van der Waals surface area contributed by atoms with Gasteiger partial charge in [0.25, 0.3) is 0 Å². The minimum atomic E-state index is -0.343. The van der Waals surface area contributed by atoms with Crippen LogP contribution < -0.4 is 5.73 Å². The lowest BCUT2D eigenvalue weighted by Crippen LogP contribution is -2.57. The third-order valence-electron chi connectivity index (χ3n) is 4.83. The van der Waals surface area contributed by atoms with Gasteiger partial charge < -0.3 is 10.6 Å². The van der Waals surface area contributed by atoms with E-state index in [1.165, 1.54) is 32.2 Å². The summed E-state index contributed by atoms with van der Waals surface area (Å²) in [5.74, 6) is 0.827. The number of fused-ring (bicyclic) bond motifs is 1. The van der Waals surface area contributed by atoms with Gasteiger partial charge in [0.05, 0.1) is 6.04 Å². The molecule has 0 aromatic carbocycles. The summed E-state index contributed by atoms with van der Waals surface area (Å²) in [6.45, 7) is 4.93. The Hall–Kier alpha value is -0.610. The van der Waals surface area contributed by atoms with Gasteiger partial charge in [0, 0.05) is 25.2 Å². The Morgan fingerprint density at radius 2 is 2.00 bits per heavy atom. The van der Waals surface area contributed by atoms with E-state index in [-0.39, 0.29) is 11.9 Å². The van der Waals surface area contributed by atoms with Crippen molar-refractivity contribution < 1.29 is 4.79 Å². The van der Waals surface area contributed by atoms with Gasteiger partial charge in [-0.05, 0) is 51.5 Å². The van der Waals surface area contributed by atoms with Gasteiger partial charge in [-0.2, -0.15) is 0 Å². The maximum Gasteiger partial charge on any atom is 0.239 e. The molecule has 1 amide bonds. The monoisotopic (exact) mass is 251 g/mol. The lowest BCUT2D eigenvalue weighted by atomic mass is 9.83. The van der Waals surface area contributed by atoms with Gasteiger partial charge in [-0.3, -0.25) is 9.69 Å². The summed E-state index contributed by atoms with van der Waals surface area (Å²) in [6, 6.07) is 1.27. The van der Waals surface area contributed by atoms with Crippen molar-refractivity contribution in [3.05, 3.63) is 0 Å². The van der Waals surface area contributed by atoms with E-state index in [0.717, 1.165) is 31.6 Å². The highest BCUT2D eigenvalue weighted by molar-refractivity contribution is 5.81. The Balaban J connectivity index is 1.64. The van der Waals surface area contributed by atoms with E-state index in [1.54, 1.807) is 6.92 Å². The van der Waals surface area contributed by atoms with Gasteiger partial charge in [0.2, 0.25) is 5.91 Å². The van der Waals surface area contributed by atoms with E-state index in [2.05, 4.69) is 4.90 Å². The second-order valence-corrected chi connectivity index (χ2v) is 6.30. The number of hydrogen-bond acceptors (Lipinski definition) is 3. The largest absolute Gasteiger partial charge is 0.341 e. The van der Waals surface area contributed by atoms with Crippen LogP contribution in [-0.4, -0.2) is 53.5 Å². The van der Waals surface area contributed by atoms with Gasteiger partial charge >= 0.3 is 0 Å². The Kier molecular flexibility index (Phi) is 3.32. The molecule has 1 saturated carbocycles. The summed E-state index contributed by atoms with van der Waals surface area (Å²) in [5.41, 5.74) is 5.72. The minimum Gasteiger partial charge on any atom is -0.341 e. The van der Waals surface area contributed by atoms with Crippen LogP contribution in [0, 0.1) is 5.92 Å². The molecule has 0 spiro atoms. The highest BCUT2D eigenvalue weighted by Crippen LogP contribution is 2.38. The van der Waals surface area contributed by atoms with E-state index >= 15 is 0 Å². The van der Waals surface area contributed by atoms with E-state index in [1.807, 2.05) is 4.90 Å². The van der Waals surface area contributed by atoms with Crippen molar-refractivity contribution in [2.75, 3.05) is 19.6 Å². The molecule has 3 fully saturated rings. The number of rotatable bonds is 2. The number of carbonyl (C=O) groups is 1. The van der Waals surface area contributed by atoms with Gasteiger partial charge in [-0.25, -0.2) is 0 Å². The van der Waals surface area contributed by atoms with Crippen LogP contribution in [0.3, 0.4) is 0 Å². The average Bonchev–Trinajstić information content (AvgIpc) is 3.20. The summed E-state index contributed by atoms with van der Waals surface area (Å²) in [6.07, 6.45) is 6.53. The van der Waals surface area contributed by atoms with Crippen molar-refractivity contribution >= 4 is 5.91 Å². The zero-order valence-electron chi connectivity index (χ0n) is 11.3. The molecular weight excluding hydrogens is 226 g/mol. The van der Waals surface area contributed by atoms with Gasteiger partial charge in [-0.15, -0.1) is 0 Å². The first-order valence-corrected chi connectivity index (χ1v) is 7.47. The first-order valence-electron chi connectivity index (χ1n) is 7.47. The summed E-state index contributed by atoms with van der Waals surface area (Å²) in [7, 11) is 0. The summed E-state index contributed by atoms with van der Waals surface area (Å²) in [5, 5.41) is 0. The van der Waals surface area contributed by atoms with Gasteiger partial charge in [-0.1, -0.05) is 0 Å². The van der Waals surface area contributed by atoms with Crippen LogP contribution in [0.5, 0.6) is 0 Å². The van der Waals surface area contributed by atoms with Crippen molar-refractivity contribution in [2.45, 2.75) is 57.2 Å². The summed E-state index contributed by atoms with van der Waals surface area (Å²) in [4.78, 5) is 16.7. The van der Waals surface area contributed by atoms with Crippen molar-refractivity contribution in [3.8, 4) is 0 Å². The first-order chi connectivity index (χ1) is 8.66. The molecule has 3 aliphatic rings. The zero-order chi connectivity index (χ0) is 12.7. The van der Waals surface area contributed by atoms with E-state index in [9.17, 15) is 4.79 Å². The molecule has 0 aromatic rings. The van der Waals surface area contributed by atoms with Crippen LogP contribution in [0.15, 0.2) is 0 Å². The predicted molar refractivity (Wildman–Crippen MR) is 71.1 cm³/mol. The number of nitrogens with zero attached hydrogens (tertiary/aromatic N) is 2. The standard InChI is InChI=1S/C14H25N3O/c1-10(15)14(18)16-8-6-13-11(9-16)3-2-7-17(13)12-4-5-12/h10-13H,2-9,15H2,1H3. The molecule has 102 valence electrons. The van der Waals surface area contributed by atoms with Crippen LogP contribution in [-0.2, 0) is 4.79 Å². The summed E-state index contributed by atoms with van der Waals surface area (Å²) < 4.78 is 0. The van der Waals surface area contributed by atoms with Crippen molar-refractivity contribution in [2.24, 2.45) is 11.7 Å². The second-order valence-electron chi connectivity index (χ2n) is 6.30. The first kappa shape index (κ1) is 12.4. The van der Waals surface area contributed by atoms with Crippen LogP contribution in [0.2, 0.25) is 0 Å². The number of amides is 1. The number of nitrogens with two attached hydrogens (primary N) is 1. The van der Waals surface area contributed by atoms with E-state index in [0.29, 0.717) is 5.92 Å². The highest BCUT2D eigenvalue weighted by atomic mass is 16.2. The normalized spacial score (nSPS) is 35.1. The maximum atomic E-state index is 12.0. The molecule has 18 heavy (non-hydrogen) atoms. The SMILES string of the molecule is CC(N)C(=O)N1CCC2C(CCCN2C2CC2)C1. The molecule has 2 heterocycles. The fourth-order valence-electron chi connectivity index (χ4n) is 3.79. The highest BCUT2D eigenvalue weighted by Gasteiger charge is 2.42. The van der Waals surface area contributed by atoms with Crippen molar-refractivity contribution in [1.29, 1.82) is 0 Å². The molecule has 0 aromatic heterocycles. The number of piperidine rings is 2. The zero-order valence-corrected chi connectivity index (χ0v) is 11.3. The van der Waals surface area contributed by atoms with Crippen LogP contribution in [0.1, 0.15) is 39.0 Å². The third kappa shape index (κ3) is 2.28. The van der Waals surface area contributed by atoms with Crippen molar-refractivity contribution in [3.63, 3.8) is 0 Å². The molecule has 2 aliphatic heterocycles. The fraction of sp³-hybridized carbons (Fsp3) is 0.929. The minimum absolute atomic E-state index is 0.136. The molecule has 2 saturated heterocycles. The molecule has 0 bridgehead atoms. The molecule has 0 radical (unpaired) electrons. The lowest BCUT2D eigenvalue weighted by molar-refractivity contribution is -0.136. The summed E-state index contributed by atoms with van der Waals surface area (Å²) >= 11 is 0. The van der Waals surface area contributed by atoms with Crippen molar-refractivity contribution in [1.82, 2.24) is 9.80 Å². The van der Waals surface area contributed by atoms with Crippen LogP contribution in [0.4, 0.5) is 0 Å². The average molecular weight is 251 g/mol. The Morgan fingerprint density at radius 3 is 2.67 bits per heavy atom. The molecule has 1 aliphatic carbocycles. The van der Waals surface area contributed by atoms with E-state index < -0.39 is 0 Å². The molecule has 4 heteroatoms. The Labute approximate surface area is 109 Å². The van der Waals surface area contributed by atoms with Crippen LogP contribution >= 0.6 is 0 Å². The van der Waals surface area contributed by atoms with Gasteiger partial charge in [0.1, 0.15) is 0 Å². The predicted octanol–water partition coefficient (Wildman–Crippen LogP) is 0.809. The molecular formula is C14H25N3O. The lowest BCUT2D eigenvalue weighted by Gasteiger charge is -2.47. The maximum absolute atomic E-state index is 12.0.